The number of hydrogen-bond acceptors (Lipinski definition) is 4. The van der Waals surface area contributed by atoms with Crippen LogP contribution >= 0.6 is 11.3 Å². The first-order chi connectivity index (χ1) is 6.68. The van der Waals surface area contributed by atoms with Crippen molar-refractivity contribution in [3.63, 3.8) is 0 Å². The summed E-state index contributed by atoms with van der Waals surface area (Å²) in [5, 5.41) is 12.6. The van der Waals surface area contributed by atoms with Crippen LogP contribution in [0.5, 0.6) is 0 Å². The summed E-state index contributed by atoms with van der Waals surface area (Å²) in [6.07, 6.45) is 1.24. The van der Waals surface area contributed by atoms with Crippen molar-refractivity contribution in [3.05, 3.63) is 11.2 Å². The molecule has 2 unspecified atom stereocenters. The summed E-state index contributed by atoms with van der Waals surface area (Å²) in [7, 11) is 0. The number of thiazole rings is 1. The highest BCUT2D eigenvalue weighted by atomic mass is 32.1. The molecule has 1 aliphatic rings. The maximum absolute atomic E-state index is 10.7. The summed E-state index contributed by atoms with van der Waals surface area (Å²) in [6, 6.07) is 0. The summed E-state index contributed by atoms with van der Waals surface area (Å²) in [5.41, 5.74) is 1.70. The van der Waals surface area contributed by atoms with E-state index in [2.05, 4.69) is 17.2 Å². The molecule has 1 fully saturated rings. The molecule has 1 aromatic rings. The fourth-order valence-electron chi connectivity index (χ4n) is 1.43. The molecule has 0 spiro atoms. The number of nitrogens with one attached hydrogen (secondary N) is 1. The van der Waals surface area contributed by atoms with Crippen LogP contribution in [0.25, 0.3) is 0 Å². The Labute approximate surface area is 86.0 Å². The molecule has 0 radical (unpaired) electrons. The van der Waals surface area contributed by atoms with Gasteiger partial charge < -0.3 is 10.4 Å². The third-order valence-electron chi connectivity index (χ3n) is 2.57. The number of aromatic nitrogens is 1. The summed E-state index contributed by atoms with van der Waals surface area (Å²) < 4.78 is 0. The zero-order valence-electron chi connectivity index (χ0n) is 7.86. The number of carboxylic acids is 1. The highest BCUT2D eigenvalue weighted by molar-refractivity contribution is 7.14. The molecule has 0 saturated heterocycles. The Morgan fingerprint density at radius 3 is 3.14 bits per heavy atom. The molecule has 1 heterocycles. The SMILES string of the molecule is CC1CC1CNc1scnc1C(=O)O. The van der Waals surface area contributed by atoms with Crippen molar-refractivity contribution in [1.82, 2.24) is 4.98 Å². The molecule has 2 N–H and O–H groups in total. The molecule has 14 heavy (non-hydrogen) atoms. The van der Waals surface area contributed by atoms with Gasteiger partial charge in [0.15, 0.2) is 5.69 Å². The topological polar surface area (TPSA) is 62.2 Å². The quantitative estimate of drug-likeness (QED) is 0.800. The van der Waals surface area contributed by atoms with Crippen LogP contribution in [0.15, 0.2) is 5.51 Å². The van der Waals surface area contributed by atoms with Gasteiger partial charge in [0.2, 0.25) is 0 Å². The molecule has 1 aromatic heterocycles. The average molecular weight is 212 g/mol. The summed E-state index contributed by atoms with van der Waals surface area (Å²) >= 11 is 1.35. The van der Waals surface area contributed by atoms with Crippen molar-refractivity contribution in [2.45, 2.75) is 13.3 Å². The molecule has 0 amide bonds. The zero-order valence-corrected chi connectivity index (χ0v) is 8.67. The van der Waals surface area contributed by atoms with E-state index < -0.39 is 5.97 Å². The van der Waals surface area contributed by atoms with Gasteiger partial charge in [-0.25, -0.2) is 9.78 Å². The minimum atomic E-state index is -0.961. The first-order valence-corrected chi connectivity index (χ1v) is 5.47. The van der Waals surface area contributed by atoms with Crippen molar-refractivity contribution in [3.8, 4) is 0 Å². The molecule has 5 heteroatoms. The number of carboxylic acid groups (broad SMARTS) is 1. The van der Waals surface area contributed by atoms with Gasteiger partial charge in [0.25, 0.3) is 0 Å². The lowest BCUT2D eigenvalue weighted by Gasteiger charge is -2.02. The van der Waals surface area contributed by atoms with Gasteiger partial charge in [0.05, 0.1) is 5.51 Å². The Bertz CT molecular complexity index is 350. The number of carbonyl (C=O) groups is 1. The van der Waals surface area contributed by atoms with E-state index in [4.69, 9.17) is 5.11 Å². The van der Waals surface area contributed by atoms with E-state index in [1.54, 1.807) is 5.51 Å². The molecule has 0 aliphatic heterocycles. The van der Waals surface area contributed by atoms with Gasteiger partial charge in [-0.3, -0.25) is 0 Å². The highest BCUT2D eigenvalue weighted by Gasteiger charge is 2.32. The second-order valence-corrected chi connectivity index (χ2v) is 4.54. The van der Waals surface area contributed by atoms with Gasteiger partial charge in [-0.05, 0) is 18.3 Å². The molecule has 2 rings (SSSR count). The number of nitrogens with zero attached hydrogens (tertiary/aromatic N) is 1. The summed E-state index contributed by atoms with van der Waals surface area (Å²) in [5.74, 6) is 0.528. The lowest BCUT2D eigenvalue weighted by Crippen LogP contribution is -2.07. The van der Waals surface area contributed by atoms with Crippen molar-refractivity contribution >= 4 is 22.3 Å². The Balaban J connectivity index is 1.95. The van der Waals surface area contributed by atoms with Crippen LogP contribution in [0.4, 0.5) is 5.00 Å². The smallest absolute Gasteiger partial charge is 0.357 e. The van der Waals surface area contributed by atoms with E-state index in [0.29, 0.717) is 10.9 Å². The Hall–Kier alpha value is -1.10. The minimum absolute atomic E-state index is 0.142. The van der Waals surface area contributed by atoms with Crippen molar-refractivity contribution in [2.75, 3.05) is 11.9 Å². The summed E-state index contributed by atoms with van der Waals surface area (Å²) in [4.78, 5) is 14.5. The second kappa shape index (κ2) is 3.57. The maximum atomic E-state index is 10.7. The van der Waals surface area contributed by atoms with E-state index in [1.807, 2.05) is 0 Å². The predicted molar refractivity (Wildman–Crippen MR) is 54.8 cm³/mol. The third kappa shape index (κ3) is 1.87. The van der Waals surface area contributed by atoms with E-state index in [1.165, 1.54) is 17.8 Å². The van der Waals surface area contributed by atoms with Crippen LogP contribution in [0, 0.1) is 11.8 Å². The molecule has 1 saturated carbocycles. The lowest BCUT2D eigenvalue weighted by molar-refractivity contribution is 0.0692. The Morgan fingerprint density at radius 1 is 1.86 bits per heavy atom. The molecule has 0 aromatic carbocycles. The monoisotopic (exact) mass is 212 g/mol. The van der Waals surface area contributed by atoms with Gasteiger partial charge in [-0.15, -0.1) is 11.3 Å². The fraction of sp³-hybridized carbons (Fsp3) is 0.556. The maximum Gasteiger partial charge on any atom is 0.357 e. The van der Waals surface area contributed by atoms with Crippen LogP contribution in [0.1, 0.15) is 23.8 Å². The van der Waals surface area contributed by atoms with Gasteiger partial charge >= 0.3 is 5.97 Å². The van der Waals surface area contributed by atoms with Crippen molar-refractivity contribution < 1.29 is 9.90 Å². The molecular weight excluding hydrogens is 200 g/mol. The van der Waals surface area contributed by atoms with Crippen LogP contribution in [0.3, 0.4) is 0 Å². The average Bonchev–Trinajstić information content (AvgIpc) is 2.67. The normalized spacial score (nSPS) is 24.6. The minimum Gasteiger partial charge on any atom is -0.476 e. The number of anilines is 1. The molecule has 2 atom stereocenters. The number of rotatable bonds is 4. The van der Waals surface area contributed by atoms with Crippen LogP contribution in [-0.4, -0.2) is 22.6 Å². The van der Waals surface area contributed by atoms with Gasteiger partial charge in [0.1, 0.15) is 5.00 Å². The van der Waals surface area contributed by atoms with Crippen LogP contribution < -0.4 is 5.32 Å². The van der Waals surface area contributed by atoms with Crippen molar-refractivity contribution in [2.24, 2.45) is 11.8 Å². The largest absolute Gasteiger partial charge is 0.476 e. The summed E-state index contributed by atoms with van der Waals surface area (Å²) in [6.45, 7) is 3.07. The highest BCUT2D eigenvalue weighted by Crippen LogP contribution is 2.38. The van der Waals surface area contributed by atoms with Crippen molar-refractivity contribution in [1.29, 1.82) is 0 Å². The second-order valence-electron chi connectivity index (χ2n) is 3.69. The Morgan fingerprint density at radius 2 is 2.57 bits per heavy atom. The number of hydrogen-bond donors (Lipinski definition) is 2. The molecule has 4 nitrogen and oxygen atoms in total. The van der Waals surface area contributed by atoms with Gasteiger partial charge in [0, 0.05) is 6.54 Å². The van der Waals surface area contributed by atoms with Crippen LogP contribution in [0.2, 0.25) is 0 Å². The molecule has 76 valence electrons. The molecule has 0 bridgehead atoms. The zero-order chi connectivity index (χ0) is 10.1. The number of aromatic carboxylic acids is 1. The fourth-order valence-corrected chi connectivity index (χ4v) is 2.11. The van der Waals surface area contributed by atoms with E-state index in [9.17, 15) is 4.79 Å². The van der Waals surface area contributed by atoms with Crippen LogP contribution in [-0.2, 0) is 0 Å². The standard InChI is InChI=1S/C9H12N2O2S/c1-5-2-6(5)3-10-8-7(9(12)13)11-4-14-8/h4-6,10H,2-3H2,1H3,(H,12,13). The lowest BCUT2D eigenvalue weighted by atomic mass is 10.3. The predicted octanol–water partition coefficient (Wildman–Crippen LogP) is 1.91. The van der Waals surface area contributed by atoms with Gasteiger partial charge in [-0.1, -0.05) is 6.92 Å². The van der Waals surface area contributed by atoms with Gasteiger partial charge in [-0.2, -0.15) is 0 Å². The van der Waals surface area contributed by atoms with E-state index in [-0.39, 0.29) is 5.69 Å². The third-order valence-corrected chi connectivity index (χ3v) is 3.36. The first-order valence-electron chi connectivity index (χ1n) is 4.59. The molecular formula is C9H12N2O2S. The van der Waals surface area contributed by atoms with E-state index in [0.717, 1.165) is 12.5 Å². The Kier molecular flexibility index (Phi) is 2.41. The first kappa shape index (κ1) is 9.45. The molecule has 1 aliphatic carbocycles. The van der Waals surface area contributed by atoms with E-state index >= 15 is 0 Å².